The van der Waals surface area contributed by atoms with Crippen molar-refractivity contribution in [3.63, 3.8) is 0 Å². The van der Waals surface area contributed by atoms with Gasteiger partial charge in [-0.3, -0.25) is 4.68 Å². The normalized spacial score (nSPS) is 28.2. The molecule has 1 aliphatic heterocycles. The fourth-order valence-electron chi connectivity index (χ4n) is 2.58. The van der Waals surface area contributed by atoms with E-state index < -0.39 is 5.60 Å². The van der Waals surface area contributed by atoms with Crippen molar-refractivity contribution in [1.29, 1.82) is 0 Å². The Balaban J connectivity index is 2.12. The lowest BCUT2D eigenvalue weighted by Gasteiger charge is -2.41. The molecule has 17 heavy (non-hydrogen) atoms. The first-order valence-electron chi connectivity index (χ1n) is 6.17. The highest BCUT2D eigenvalue weighted by atomic mass is 16.5. The second-order valence-electron chi connectivity index (χ2n) is 5.43. The van der Waals surface area contributed by atoms with Gasteiger partial charge in [-0.15, -0.1) is 0 Å². The molecule has 96 valence electrons. The summed E-state index contributed by atoms with van der Waals surface area (Å²) in [6.07, 6.45) is 3.39. The molecule has 2 rings (SSSR count). The van der Waals surface area contributed by atoms with Crippen molar-refractivity contribution in [2.45, 2.75) is 57.8 Å². The molecule has 0 aliphatic carbocycles. The third-order valence-corrected chi connectivity index (χ3v) is 3.30. The quantitative estimate of drug-likeness (QED) is 0.860. The summed E-state index contributed by atoms with van der Waals surface area (Å²) in [6.45, 7) is 7.44. The third-order valence-electron chi connectivity index (χ3n) is 3.30. The highest BCUT2D eigenvalue weighted by Gasteiger charge is 2.40. The van der Waals surface area contributed by atoms with Crippen molar-refractivity contribution in [1.82, 2.24) is 14.8 Å². The molecule has 5 nitrogen and oxygen atoms in total. The van der Waals surface area contributed by atoms with E-state index in [9.17, 15) is 5.11 Å². The summed E-state index contributed by atoms with van der Waals surface area (Å²) >= 11 is 0. The Kier molecular flexibility index (Phi) is 3.23. The molecule has 1 aromatic rings. The van der Waals surface area contributed by atoms with Crippen LogP contribution in [0.15, 0.2) is 6.33 Å². The fourth-order valence-corrected chi connectivity index (χ4v) is 2.58. The molecule has 0 amide bonds. The van der Waals surface area contributed by atoms with Crippen molar-refractivity contribution in [3.8, 4) is 0 Å². The van der Waals surface area contributed by atoms with E-state index in [-0.39, 0.29) is 5.60 Å². The van der Waals surface area contributed by atoms with Crippen molar-refractivity contribution in [2.75, 3.05) is 6.61 Å². The molecule has 1 aliphatic rings. The number of ether oxygens (including phenoxy) is 1. The van der Waals surface area contributed by atoms with Gasteiger partial charge in [0.2, 0.25) is 0 Å². The van der Waals surface area contributed by atoms with Gasteiger partial charge >= 0.3 is 0 Å². The Morgan fingerprint density at radius 1 is 1.53 bits per heavy atom. The molecule has 1 atom stereocenters. The average molecular weight is 239 g/mol. The second kappa shape index (κ2) is 4.38. The molecule has 0 spiro atoms. The second-order valence-corrected chi connectivity index (χ2v) is 5.43. The Bertz CT molecular complexity index is 389. The van der Waals surface area contributed by atoms with Crippen LogP contribution in [0.3, 0.4) is 0 Å². The van der Waals surface area contributed by atoms with E-state index in [2.05, 4.69) is 10.1 Å². The molecule has 0 radical (unpaired) electrons. The van der Waals surface area contributed by atoms with Crippen LogP contribution in [0.1, 0.15) is 39.4 Å². The number of rotatable bonds is 3. The summed E-state index contributed by atoms with van der Waals surface area (Å²) in [6, 6.07) is 0. The molecular formula is C12H21N3O2. The zero-order chi connectivity index (χ0) is 12.5. The summed E-state index contributed by atoms with van der Waals surface area (Å²) in [5.41, 5.74) is -0.980. The number of aliphatic hydroxyl groups is 1. The van der Waals surface area contributed by atoms with Crippen LogP contribution < -0.4 is 0 Å². The summed E-state index contributed by atoms with van der Waals surface area (Å²) in [5, 5.41) is 14.8. The van der Waals surface area contributed by atoms with E-state index >= 15 is 0 Å². The van der Waals surface area contributed by atoms with Crippen LogP contribution in [-0.2, 0) is 17.7 Å². The zero-order valence-electron chi connectivity index (χ0n) is 10.8. The maximum atomic E-state index is 10.6. The standard InChI is InChI=1S/C12H21N3O2/c1-4-15-10(13-9-14-15)7-12(16)5-6-17-11(2,3)8-12/h9,16H,4-8H2,1-3H3. The van der Waals surface area contributed by atoms with Crippen LogP contribution in [0.4, 0.5) is 0 Å². The van der Waals surface area contributed by atoms with Crippen molar-refractivity contribution in [3.05, 3.63) is 12.2 Å². The van der Waals surface area contributed by atoms with Gasteiger partial charge in [0.15, 0.2) is 0 Å². The van der Waals surface area contributed by atoms with Crippen LogP contribution in [0.5, 0.6) is 0 Å². The molecule has 1 unspecified atom stereocenters. The molecule has 1 fully saturated rings. The van der Waals surface area contributed by atoms with Crippen LogP contribution in [0, 0.1) is 0 Å². The summed E-state index contributed by atoms with van der Waals surface area (Å²) in [5.74, 6) is 0.854. The molecule has 1 saturated heterocycles. The Morgan fingerprint density at radius 3 is 2.94 bits per heavy atom. The monoisotopic (exact) mass is 239 g/mol. The van der Waals surface area contributed by atoms with E-state index in [1.54, 1.807) is 6.33 Å². The third kappa shape index (κ3) is 2.84. The Labute approximate surface area is 102 Å². The van der Waals surface area contributed by atoms with E-state index in [1.165, 1.54) is 0 Å². The van der Waals surface area contributed by atoms with Gasteiger partial charge in [0.25, 0.3) is 0 Å². The van der Waals surface area contributed by atoms with Crippen molar-refractivity contribution >= 4 is 0 Å². The summed E-state index contributed by atoms with van der Waals surface area (Å²) in [4.78, 5) is 4.23. The molecular weight excluding hydrogens is 218 g/mol. The fraction of sp³-hybridized carbons (Fsp3) is 0.833. The highest BCUT2D eigenvalue weighted by molar-refractivity contribution is 4.99. The molecule has 2 heterocycles. The average Bonchev–Trinajstić information content (AvgIpc) is 2.62. The van der Waals surface area contributed by atoms with E-state index in [0.29, 0.717) is 25.9 Å². The number of aromatic nitrogens is 3. The van der Waals surface area contributed by atoms with Gasteiger partial charge in [0, 0.05) is 25.8 Å². The van der Waals surface area contributed by atoms with Crippen molar-refractivity contribution in [2.24, 2.45) is 0 Å². The molecule has 1 aromatic heterocycles. The van der Waals surface area contributed by atoms with Gasteiger partial charge in [-0.1, -0.05) is 0 Å². The predicted molar refractivity (Wildman–Crippen MR) is 63.6 cm³/mol. The minimum atomic E-state index is -0.721. The van der Waals surface area contributed by atoms with Crippen molar-refractivity contribution < 1.29 is 9.84 Å². The molecule has 5 heteroatoms. The smallest absolute Gasteiger partial charge is 0.138 e. The Morgan fingerprint density at radius 2 is 2.29 bits per heavy atom. The summed E-state index contributed by atoms with van der Waals surface area (Å²) < 4.78 is 7.47. The Hall–Kier alpha value is -0.940. The van der Waals surface area contributed by atoms with Crippen LogP contribution >= 0.6 is 0 Å². The topological polar surface area (TPSA) is 60.2 Å². The van der Waals surface area contributed by atoms with E-state index in [0.717, 1.165) is 12.4 Å². The number of aryl methyl sites for hydroxylation is 1. The zero-order valence-corrected chi connectivity index (χ0v) is 10.8. The highest BCUT2D eigenvalue weighted by Crippen LogP contribution is 2.33. The van der Waals surface area contributed by atoms with Gasteiger partial charge in [-0.25, -0.2) is 4.98 Å². The first kappa shape index (κ1) is 12.5. The maximum Gasteiger partial charge on any atom is 0.138 e. The predicted octanol–water partition coefficient (Wildman–Crippen LogP) is 1.16. The number of hydrogen-bond acceptors (Lipinski definition) is 4. The van der Waals surface area contributed by atoms with E-state index in [1.807, 2.05) is 25.5 Å². The minimum absolute atomic E-state index is 0.260. The van der Waals surface area contributed by atoms with Crippen LogP contribution in [0.2, 0.25) is 0 Å². The lowest BCUT2D eigenvalue weighted by molar-refractivity contribution is -0.144. The van der Waals surface area contributed by atoms with Crippen LogP contribution in [0.25, 0.3) is 0 Å². The molecule has 1 N–H and O–H groups in total. The SMILES string of the molecule is CCn1ncnc1CC1(O)CCOC(C)(C)C1. The number of hydrogen-bond donors (Lipinski definition) is 1. The molecule has 0 aromatic carbocycles. The largest absolute Gasteiger partial charge is 0.389 e. The maximum absolute atomic E-state index is 10.6. The van der Waals surface area contributed by atoms with Gasteiger partial charge in [0.1, 0.15) is 12.2 Å². The molecule has 0 bridgehead atoms. The lowest BCUT2D eigenvalue weighted by atomic mass is 9.82. The summed E-state index contributed by atoms with van der Waals surface area (Å²) in [7, 11) is 0. The van der Waals surface area contributed by atoms with Gasteiger partial charge in [-0.2, -0.15) is 5.10 Å². The van der Waals surface area contributed by atoms with Gasteiger partial charge in [-0.05, 0) is 20.8 Å². The first-order chi connectivity index (χ1) is 7.94. The van der Waals surface area contributed by atoms with Gasteiger partial charge < -0.3 is 9.84 Å². The van der Waals surface area contributed by atoms with Gasteiger partial charge in [0.05, 0.1) is 17.8 Å². The lowest BCUT2D eigenvalue weighted by Crippen LogP contribution is -2.47. The minimum Gasteiger partial charge on any atom is -0.389 e. The molecule has 0 saturated carbocycles. The van der Waals surface area contributed by atoms with E-state index in [4.69, 9.17) is 4.74 Å². The van der Waals surface area contributed by atoms with Crippen LogP contribution in [-0.4, -0.2) is 37.7 Å². The first-order valence-corrected chi connectivity index (χ1v) is 6.17. The number of nitrogens with zero attached hydrogens (tertiary/aromatic N) is 3.